The summed E-state index contributed by atoms with van der Waals surface area (Å²) < 4.78 is 2.05. The number of hydrogen-bond donors (Lipinski definition) is 1. The van der Waals surface area contributed by atoms with Crippen molar-refractivity contribution in [1.82, 2.24) is 9.99 Å². The molecular weight excluding hydrogens is 346 g/mol. The summed E-state index contributed by atoms with van der Waals surface area (Å²) in [6.07, 6.45) is 3.71. The van der Waals surface area contributed by atoms with Crippen molar-refractivity contribution in [3.05, 3.63) is 108 Å². The molecule has 1 heterocycles. The lowest BCUT2D eigenvalue weighted by Crippen LogP contribution is -2.26. The van der Waals surface area contributed by atoms with Gasteiger partial charge in [-0.3, -0.25) is 4.79 Å². The minimum atomic E-state index is -0.410. The molecule has 28 heavy (non-hydrogen) atoms. The topological polar surface area (TPSA) is 46.4 Å². The number of aromatic nitrogens is 1. The third-order valence-corrected chi connectivity index (χ3v) is 4.83. The third-order valence-electron chi connectivity index (χ3n) is 4.83. The molecule has 1 N–H and O–H groups in total. The van der Waals surface area contributed by atoms with Crippen molar-refractivity contribution in [2.45, 2.75) is 5.92 Å². The van der Waals surface area contributed by atoms with Crippen LogP contribution in [0.15, 0.2) is 96.2 Å². The largest absolute Gasteiger partial charge is 0.350 e. The summed E-state index contributed by atoms with van der Waals surface area (Å²) in [6.45, 7) is 0. The molecule has 3 aromatic carbocycles. The molecule has 0 aliphatic rings. The Morgan fingerprint density at radius 3 is 2.11 bits per heavy atom. The highest BCUT2D eigenvalue weighted by atomic mass is 16.2. The average Bonchev–Trinajstić information content (AvgIpc) is 3.06. The normalized spacial score (nSPS) is 11.4. The van der Waals surface area contributed by atoms with Gasteiger partial charge in [0, 0.05) is 29.7 Å². The number of nitrogens with one attached hydrogen (secondary N) is 1. The van der Waals surface area contributed by atoms with E-state index >= 15 is 0 Å². The number of hydrazone groups is 1. The standard InChI is InChI=1S/C24H21N3O/c1-27-17-20(21-14-8-9-15-22(21)27)16-25-26-24(28)23(18-10-4-2-5-11-18)19-12-6-3-7-13-19/h2-17,23H,1H3,(H,26,28)/b25-16+. The van der Waals surface area contributed by atoms with Gasteiger partial charge in [-0.15, -0.1) is 0 Å². The zero-order valence-electron chi connectivity index (χ0n) is 15.6. The van der Waals surface area contributed by atoms with Gasteiger partial charge in [0.25, 0.3) is 5.91 Å². The molecule has 0 saturated heterocycles. The highest BCUT2D eigenvalue weighted by Gasteiger charge is 2.22. The summed E-state index contributed by atoms with van der Waals surface area (Å²) in [5.74, 6) is -0.569. The molecule has 1 amide bonds. The van der Waals surface area contributed by atoms with Gasteiger partial charge >= 0.3 is 0 Å². The van der Waals surface area contributed by atoms with Gasteiger partial charge < -0.3 is 4.57 Å². The second-order valence-corrected chi connectivity index (χ2v) is 6.70. The van der Waals surface area contributed by atoms with Crippen LogP contribution in [0.5, 0.6) is 0 Å². The maximum Gasteiger partial charge on any atom is 0.252 e. The fourth-order valence-corrected chi connectivity index (χ4v) is 3.49. The van der Waals surface area contributed by atoms with Crippen molar-refractivity contribution in [2.24, 2.45) is 12.1 Å². The lowest BCUT2D eigenvalue weighted by molar-refractivity contribution is -0.121. The van der Waals surface area contributed by atoms with Crippen LogP contribution in [0.3, 0.4) is 0 Å². The zero-order valence-corrected chi connectivity index (χ0v) is 15.6. The number of amides is 1. The lowest BCUT2D eigenvalue weighted by Gasteiger charge is -2.16. The van der Waals surface area contributed by atoms with Crippen LogP contribution in [0.2, 0.25) is 0 Å². The Labute approximate surface area is 164 Å². The SMILES string of the molecule is Cn1cc(/C=N/NC(=O)C(c2ccccc2)c2ccccc2)c2ccccc21. The maximum absolute atomic E-state index is 13.0. The molecule has 4 heteroatoms. The first-order valence-corrected chi connectivity index (χ1v) is 9.21. The van der Waals surface area contributed by atoms with Crippen molar-refractivity contribution < 1.29 is 4.79 Å². The molecule has 4 aromatic rings. The van der Waals surface area contributed by atoms with Crippen LogP contribution < -0.4 is 5.43 Å². The fourth-order valence-electron chi connectivity index (χ4n) is 3.49. The van der Waals surface area contributed by atoms with Crippen molar-refractivity contribution in [3.63, 3.8) is 0 Å². The van der Waals surface area contributed by atoms with Crippen molar-refractivity contribution in [2.75, 3.05) is 0 Å². The molecule has 0 saturated carbocycles. The number of benzene rings is 3. The van der Waals surface area contributed by atoms with Crippen LogP contribution >= 0.6 is 0 Å². The van der Waals surface area contributed by atoms with Gasteiger partial charge in [-0.05, 0) is 17.2 Å². The van der Waals surface area contributed by atoms with E-state index in [1.165, 1.54) is 0 Å². The van der Waals surface area contributed by atoms with Gasteiger partial charge in [0.05, 0.1) is 12.1 Å². The lowest BCUT2D eigenvalue weighted by atomic mass is 9.91. The van der Waals surface area contributed by atoms with Crippen molar-refractivity contribution in [1.29, 1.82) is 0 Å². The molecule has 4 rings (SSSR count). The van der Waals surface area contributed by atoms with E-state index in [9.17, 15) is 4.79 Å². The van der Waals surface area contributed by atoms with E-state index in [4.69, 9.17) is 0 Å². The molecule has 0 bridgehead atoms. The highest BCUT2D eigenvalue weighted by Crippen LogP contribution is 2.24. The molecule has 0 unspecified atom stereocenters. The van der Waals surface area contributed by atoms with Gasteiger partial charge in [-0.25, -0.2) is 5.43 Å². The van der Waals surface area contributed by atoms with Crippen LogP contribution in [-0.4, -0.2) is 16.7 Å². The second kappa shape index (κ2) is 7.92. The van der Waals surface area contributed by atoms with E-state index in [1.54, 1.807) is 6.21 Å². The van der Waals surface area contributed by atoms with Crippen molar-refractivity contribution >= 4 is 23.0 Å². The fraction of sp³-hybridized carbons (Fsp3) is 0.0833. The average molecular weight is 367 g/mol. The Morgan fingerprint density at radius 1 is 0.893 bits per heavy atom. The quantitative estimate of drug-likeness (QED) is 0.411. The van der Waals surface area contributed by atoms with Gasteiger partial charge in [0.15, 0.2) is 0 Å². The van der Waals surface area contributed by atoms with Gasteiger partial charge in [0.2, 0.25) is 0 Å². The Balaban J connectivity index is 1.59. The summed E-state index contributed by atoms with van der Waals surface area (Å²) in [6, 6.07) is 27.6. The molecule has 1 aromatic heterocycles. The van der Waals surface area contributed by atoms with E-state index in [1.807, 2.05) is 86.0 Å². The monoisotopic (exact) mass is 367 g/mol. The molecule has 4 nitrogen and oxygen atoms in total. The molecule has 0 atom stereocenters. The van der Waals surface area contributed by atoms with E-state index in [0.29, 0.717) is 0 Å². The molecule has 0 radical (unpaired) electrons. The van der Waals surface area contributed by atoms with Gasteiger partial charge in [-0.2, -0.15) is 5.10 Å². The van der Waals surface area contributed by atoms with Crippen molar-refractivity contribution in [3.8, 4) is 0 Å². The first kappa shape index (κ1) is 17.7. The first-order valence-electron chi connectivity index (χ1n) is 9.21. The number of hydrogen-bond acceptors (Lipinski definition) is 2. The van der Waals surface area contributed by atoms with Crippen LogP contribution in [0, 0.1) is 0 Å². The van der Waals surface area contributed by atoms with E-state index in [2.05, 4.69) is 27.2 Å². The summed E-state index contributed by atoms with van der Waals surface area (Å²) in [4.78, 5) is 13.0. The second-order valence-electron chi connectivity index (χ2n) is 6.70. The summed E-state index contributed by atoms with van der Waals surface area (Å²) >= 11 is 0. The number of carbonyl (C=O) groups is 1. The number of aryl methyl sites for hydroxylation is 1. The summed E-state index contributed by atoms with van der Waals surface area (Å²) in [7, 11) is 2.00. The minimum Gasteiger partial charge on any atom is -0.350 e. The van der Waals surface area contributed by atoms with E-state index < -0.39 is 5.92 Å². The number of carbonyl (C=O) groups excluding carboxylic acids is 1. The molecule has 0 fully saturated rings. The van der Waals surface area contributed by atoms with E-state index in [0.717, 1.165) is 27.6 Å². The number of rotatable bonds is 5. The number of fused-ring (bicyclic) bond motifs is 1. The number of para-hydroxylation sites is 1. The maximum atomic E-state index is 13.0. The number of nitrogens with zero attached hydrogens (tertiary/aromatic N) is 2. The summed E-state index contributed by atoms with van der Waals surface area (Å²) in [5, 5.41) is 5.34. The predicted octanol–water partition coefficient (Wildman–Crippen LogP) is 4.46. The van der Waals surface area contributed by atoms with Gasteiger partial charge in [-0.1, -0.05) is 78.9 Å². The Kier molecular flexibility index (Phi) is 5.02. The van der Waals surface area contributed by atoms with Crippen LogP contribution in [0.4, 0.5) is 0 Å². The Hall–Kier alpha value is -3.66. The Bertz CT molecular complexity index is 1080. The zero-order chi connectivity index (χ0) is 19.3. The van der Waals surface area contributed by atoms with Crippen LogP contribution in [0.1, 0.15) is 22.6 Å². The minimum absolute atomic E-state index is 0.158. The van der Waals surface area contributed by atoms with Crippen LogP contribution in [0.25, 0.3) is 10.9 Å². The smallest absolute Gasteiger partial charge is 0.252 e. The molecular formula is C24H21N3O. The molecule has 138 valence electrons. The molecule has 0 aliphatic heterocycles. The van der Waals surface area contributed by atoms with Crippen LogP contribution in [-0.2, 0) is 11.8 Å². The highest BCUT2D eigenvalue weighted by molar-refractivity contribution is 5.99. The van der Waals surface area contributed by atoms with E-state index in [-0.39, 0.29) is 5.91 Å². The molecule has 0 aliphatic carbocycles. The molecule has 0 spiro atoms. The predicted molar refractivity (Wildman–Crippen MR) is 113 cm³/mol. The van der Waals surface area contributed by atoms with Gasteiger partial charge in [0.1, 0.15) is 0 Å². The third kappa shape index (κ3) is 3.58. The first-order chi connectivity index (χ1) is 13.7. The Morgan fingerprint density at radius 2 is 1.46 bits per heavy atom. The summed E-state index contributed by atoms with van der Waals surface area (Å²) in [5.41, 5.74) is 6.69.